The first-order valence-electron chi connectivity index (χ1n) is 8.25. The first kappa shape index (κ1) is 17.2. The summed E-state index contributed by atoms with van der Waals surface area (Å²) in [6.45, 7) is 1.94. The largest absolute Gasteiger partial charge is 0.497 e. The molecule has 1 fully saturated rings. The maximum absolute atomic E-state index is 11.8. The summed E-state index contributed by atoms with van der Waals surface area (Å²) in [5.41, 5.74) is 1.40. The Labute approximate surface area is 156 Å². The maximum Gasteiger partial charge on any atom is 0.152 e. The average molecular weight is 390 g/mol. The Balaban J connectivity index is 1.56. The summed E-state index contributed by atoms with van der Waals surface area (Å²) in [6.07, 6.45) is 8.15. The van der Waals surface area contributed by atoms with Gasteiger partial charge in [-0.2, -0.15) is 5.10 Å². The molecule has 1 saturated heterocycles. The molecule has 1 aliphatic rings. The lowest BCUT2D eigenvalue weighted by Crippen LogP contribution is -2.31. The van der Waals surface area contributed by atoms with Gasteiger partial charge in [-0.25, -0.2) is 13.4 Å². The van der Waals surface area contributed by atoms with Crippen LogP contribution in [0.15, 0.2) is 30.6 Å². The van der Waals surface area contributed by atoms with Crippen molar-refractivity contribution >= 4 is 43.5 Å². The van der Waals surface area contributed by atoms with Gasteiger partial charge in [0.2, 0.25) is 0 Å². The number of thiazole rings is 1. The van der Waals surface area contributed by atoms with Crippen LogP contribution in [0.25, 0.3) is 22.4 Å². The van der Waals surface area contributed by atoms with Crippen molar-refractivity contribution in [1.29, 1.82) is 0 Å². The molecule has 3 aromatic rings. The normalized spacial score (nSPS) is 22.4. The first-order valence-corrected chi connectivity index (χ1v) is 10.9. The smallest absolute Gasteiger partial charge is 0.152 e. The highest BCUT2D eigenvalue weighted by Crippen LogP contribution is 2.31. The van der Waals surface area contributed by atoms with Crippen molar-refractivity contribution in [3.05, 3.63) is 41.2 Å². The summed E-state index contributed by atoms with van der Waals surface area (Å²) in [5.74, 6) is 1.19. The zero-order valence-electron chi connectivity index (χ0n) is 14.5. The molecule has 26 heavy (non-hydrogen) atoms. The molecule has 1 aliphatic heterocycles. The van der Waals surface area contributed by atoms with E-state index in [2.05, 4.69) is 10.1 Å². The van der Waals surface area contributed by atoms with Gasteiger partial charge in [-0.05, 0) is 43.7 Å². The van der Waals surface area contributed by atoms with Crippen molar-refractivity contribution in [3.63, 3.8) is 0 Å². The molecule has 136 valence electrons. The molecule has 0 aliphatic carbocycles. The monoisotopic (exact) mass is 389 g/mol. The summed E-state index contributed by atoms with van der Waals surface area (Å²) in [4.78, 5) is 4.59. The standard InChI is InChI=1S/C18H19N3O3S2/c1-18(7-8-26(22,23)12-18)21-11-13(10-19-21)3-6-17-20-15-5-4-14(24-2)9-16(15)25-17/h3-6,9-11H,7-8,12H2,1-2H3. The van der Waals surface area contributed by atoms with E-state index < -0.39 is 15.4 Å². The van der Waals surface area contributed by atoms with Crippen LogP contribution in [-0.4, -0.2) is 41.8 Å². The molecule has 0 amide bonds. The minimum atomic E-state index is -2.97. The minimum absolute atomic E-state index is 0.143. The molecular weight excluding hydrogens is 370 g/mol. The molecule has 1 aromatic carbocycles. The summed E-state index contributed by atoms with van der Waals surface area (Å²) >= 11 is 1.59. The van der Waals surface area contributed by atoms with E-state index in [1.54, 1.807) is 29.3 Å². The van der Waals surface area contributed by atoms with E-state index in [0.717, 1.165) is 26.5 Å². The van der Waals surface area contributed by atoms with Crippen LogP contribution in [0, 0.1) is 0 Å². The van der Waals surface area contributed by atoms with Gasteiger partial charge in [-0.15, -0.1) is 11.3 Å². The van der Waals surface area contributed by atoms with Gasteiger partial charge in [0.15, 0.2) is 9.84 Å². The molecule has 2 aromatic heterocycles. The lowest BCUT2D eigenvalue weighted by Gasteiger charge is -2.22. The van der Waals surface area contributed by atoms with Gasteiger partial charge in [-0.3, -0.25) is 4.68 Å². The zero-order valence-corrected chi connectivity index (χ0v) is 16.2. The summed E-state index contributed by atoms with van der Waals surface area (Å²) in [6, 6.07) is 5.82. The third kappa shape index (κ3) is 3.26. The van der Waals surface area contributed by atoms with Crippen molar-refractivity contribution in [2.45, 2.75) is 18.9 Å². The lowest BCUT2D eigenvalue weighted by atomic mass is 10.0. The molecule has 6 nitrogen and oxygen atoms in total. The van der Waals surface area contributed by atoms with Crippen molar-refractivity contribution in [1.82, 2.24) is 14.8 Å². The van der Waals surface area contributed by atoms with E-state index in [1.807, 2.05) is 43.5 Å². The molecule has 8 heteroatoms. The van der Waals surface area contributed by atoms with Crippen molar-refractivity contribution in [2.75, 3.05) is 18.6 Å². The van der Waals surface area contributed by atoms with Gasteiger partial charge in [0, 0.05) is 11.8 Å². The van der Waals surface area contributed by atoms with Crippen molar-refractivity contribution in [2.24, 2.45) is 0 Å². The fraction of sp³-hybridized carbons (Fsp3) is 0.333. The van der Waals surface area contributed by atoms with Crippen LogP contribution >= 0.6 is 11.3 Å². The van der Waals surface area contributed by atoms with Gasteiger partial charge in [-0.1, -0.05) is 0 Å². The maximum atomic E-state index is 11.8. The summed E-state index contributed by atoms with van der Waals surface area (Å²) in [7, 11) is -1.32. The van der Waals surface area contributed by atoms with Crippen LogP contribution in [0.5, 0.6) is 5.75 Å². The third-order valence-corrected chi connectivity index (χ3v) is 7.54. The number of methoxy groups -OCH3 is 1. The van der Waals surface area contributed by atoms with E-state index in [-0.39, 0.29) is 11.5 Å². The second kappa shape index (κ2) is 6.21. The molecule has 0 bridgehead atoms. The fourth-order valence-corrected chi connectivity index (χ4v) is 6.20. The first-order chi connectivity index (χ1) is 12.4. The Morgan fingerprint density at radius 3 is 2.92 bits per heavy atom. The van der Waals surface area contributed by atoms with Gasteiger partial charge < -0.3 is 4.74 Å². The highest BCUT2D eigenvalue weighted by atomic mass is 32.2. The molecular formula is C18H19N3O3S2. The van der Waals surface area contributed by atoms with Crippen LogP contribution in [0.4, 0.5) is 0 Å². The van der Waals surface area contributed by atoms with Crippen LogP contribution in [0.1, 0.15) is 23.9 Å². The highest BCUT2D eigenvalue weighted by molar-refractivity contribution is 7.91. The Hall–Kier alpha value is -2.19. The fourth-order valence-electron chi connectivity index (χ4n) is 3.18. The second-order valence-electron chi connectivity index (χ2n) is 6.78. The molecule has 1 atom stereocenters. The zero-order chi connectivity index (χ0) is 18.4. The van der Waals surface area contributed by atoms with Crippen LogP contribution in [-0.2, 0) is 15.4 Å². The molecule has 0 radical (unpaired) electrons. The Morgan fingerprint density at radius 1 is 1.35 bits per heavy atom. The number of sulfone groups is 1. The summed E-state index contributed by atoms with van der Waals surface area (Å²) in [5, 5.41) is 5.28. The van der Waals surface area contributed by atoms with Gasteiger partial charge in [0.25, 0.3) is 0 Å². The molecule has 1 unspecified atom stereocenters. The highest BCUT2D eigenvalue weighted by Gasteiger charge is 2.40. The van der Waals surface area contributed by atoms with E-state index in [0.29, 0.717) is 6.42 Å². The second-order valence-corrected chi connectivity index (χ2v) is 10.0. The predicted molar refractivity (Wildman–Crippen MR) is 104 cm³/mol. The van der Waals surface area contributed by atoms with E-state index in [9.17, 15) is 8.42 Å². The summed E-state index contributed by atoms with van der Waals surface area (Å²) < 4.78 is 31.7. The number of rotatable bonds is 4. The van der Waals surface area contributed by atoms with Gasteiger partial charge >= 0.3 is 0 Å². The number of nitrogens with zero attached hydrogens (tertiary/aromatic N) is 3. The lowest BCUT2D eigenvalue weighted by molar-refractivity contribution is 0.328. The molecule has 3 heterocycles. The average Bonchev–Trinajstić information content (AvgIpc) is 3.29. The number of hydrogen-bond donors (Lipinski definition) is 0. The number of hydrogen-bond acceptors (Lipinski definition) is 6. The number of ether oxygens (including phenoxy) is 1. The molecule has 0 N–H and O–H groups in total. The number of aromatic nitrogens is 3. The van der Waals surface area contributed by atoms with Crippen LogP contribution in [0.2, 0.25) is 0 Å². The quantitative estimate of drug-likeness (QED) is 0.685. The molecule has 0 spiro atoms. The van der Waals surface area contributed by atoms with E-state index in [1.165, 1.54) is 0 Å². The SMILES string of the molecule is COc1ccc2nc(C=Cc3cnn(C4(C)CCS(=O)(=O)C4)c3)sc2c1. The number of fused-ring (bicyclic) bond motifs is 1. The van der Waals surface area contributed by atoms with Gasteiger partial charge in [0.05, 0.1) is 40.6 Å². The van der Waals surface area contributed by atoms with Crippen LogP contribution < -0.4 is 4.74 Å². The Kier molecular flexibility index (Phi) is 4.11. The number of benzene rings is 1. The van der Waals surface area contributed by atoms with Gasteiger partial charge in [0.1, 0.15) is 10.8 Å². The van der Waals surface area contributed by atoms with E-state index >= 15 is 0 Å². The molecule has 4 rings (SSSR count). The van der Waals surface area contributed by atoms with E-state index in [4.69, 9.17) is 4.74 Å². The minimum Gasteiger partial charge on any atom is -0.497 e. The Bertz CT molecular complexity index is 1100. The molecule has 0 saturated carbocycles. The predicted octanol–water partition coefficient (Wildman–Crippen LogP) is 3.21. The Morgan fingerprint density at radius 2 is 2.19 bits per heavy atom. The van der Waals surface area contributed by atoms with Crippen LogP contribution in [0.3, 0.4) is 0 Å². The third-order valence-electron chi connectivity index (χ3n) is 4.67. The topological polar surface area (TPSA) is 74.1 Å². The van der Waals surface area contributed by atoms with Crippen molar-refractivity contribution in [3.8, 4) is 5.75 Å². The van der Waals surface area contributed by atoms with Crippen molar-refractivity contribution < 1.29 is 13.2 Å².